The summed E-state index contributed by atoms with van der Waals surface area (Å²) in [7, 11) is 0. The van der Waals surface area contributed by atoms with E-state index in [0.717, 1.165) is 5.39 Å². The predicted molar refractivity (Wildman–Crippen MR) is 103 cm³/mol. The molecule has 7 nitrogen and oxygen atoms in total. The van der Waals surface area contributed by atoms with Gasteiger partial charge in [-0.3, -0.25) is 25.3 Å². The number of carbonyl (C=O) groups excluding carboxylic acids is 1. The number of anilines is 1. The second-order valence-corrected chi connectivity index (χ2v) is 6.94. The van der Waals surface area contributed by atoms with Crippen LogP contribution in [0.4, 0.5) is 11.4 Å². The fourth-order valence-corrected chi connectivity index (χ4v) is 3.57. The number of carbonyl (C=O) groups is 1. The Kier molecular flexibility index (Phi) is 4.33. The number of hydrogen-bond acceptors (Lipinski definition) is 5. The zero-order valence-corrected chi connectivity index (χ0v) is 15.2. The summed E-state index contributed by atoms with van der Waals surface area (Å²) in [6, 6.07) is 12.6. The number of nitro benzene ring substituents is 1. The zero-order chi connectivity index (χ0) is 19.1. The number of nitrogens with one attached hydrogen (secondary N) is 1. The molecule has 0 spiro atoms. The van der Waals surface area contributed by atoms with Crippen LogP contribution in [-0.2, 0) is 4.79 Å². The van der Waals surface area contributed by atoms with Gasteiger partial charge in [-0.1, -0.05) is 11.6 Å². The van der Waals surface area contributed by atoms with E-state index >= 15 is 0 Å². The van der Waals surface area contributed by atoms with Crippen molar-refractivity contribution in [2.24, 2.45) is 0 Å². The number of nitrogens with zero attached hydrogens (tertiary/aromatic N) is 3. The summed E-state index contributed by atoms with van der Waals surface area (Å²) < 4.78 is 0. The molecule has 1 aliphatic heterocycles. The molecule has 0 aliphatic carbocycles. The van der Waals surface area contributed by atoms with Gasteiger partial charge in [0.25, 0.3) is 11.6 Å². The van der Waals surface area contributed by atoms with E-state index in [-0.39, 0.29) is 11.6 Å². The van der Waals surface area contributed by atoms with Gasteiger partial charge in [0.15, 0.2) is 0 Å². The highest BCUT2D eigenvalue weighted by atomic mass is 35.5. The Bertz CT molecular complexity index is 1060. The first-order valence-electron chi connectivity index (χ1n) is 7.98. The third-order valence-electron chi connectivity index (χ3n) is 4.42. The molecule has 1 aromatic heterocycles. The molecular formula is C18H12Cl2N4O3. The van der Waals surface area contributed by atoms with Crippen molar-refractivity contribution in [1.82, 2.24) is 9.99 Å². The lowest BCUT2D eigenvalue weighted by Gasteiger charge is -2.44. The highest BCUT2D eigenvalue weighted by Gasteiger charge is 2.47. The number of hydrogen-bond donors (Lipinski definition) is 1. The summed E-state index contributed by atoms with van der Waals surface area (Å²) in [5.74, 6) is -0.279. The molecule has 0 bridgehead atoms. The van der Waals surface area contributed by atoms with Gasteiger partial charge in [-0.25, -0.2) is 5.01 Å². The van der Waals surface area contributed by atoms with Crippen LogP contribution in [0.2, 0.25) is 5.02 Å². The minimum Gasteiger partial charge on any atom is -0.295 e. The van der Waals surface area contributed by atoms with Crippen molar-refractivity contribution in [3.63, 3.8) is 0 Å². The second-order valence-electron chi connectivity index (χ2n) is 6.04. The number of β-lactam (4-membered cyclic amide) rings is 1. The third kappa shape index (κ3) is 3.05. The summed E-state index contributed by atoms with van der Waals surface area (Å²) in [6.07, 6.45) is 1.62. The van der Waals surface area contributed by atoms with E-state index < -0.39 is 16.3 Å². The average Bonchev–Trinajstić information content (AvgIpc) is 2.67. The van der Waals surface area contributed by atoms with Crippen LogP contribution in [0.5, 0.6) is 0 Å². The van der Waals surface area contributed by atoms with Gasteiger partial charge in [0, 0.05) is 28.7 Å². The van der Waals surface area contributed by atoms with Crippen molar-refractivity contribution in [3.05, 3.63) is 75.4 Å². The van der Waals surface area contributed by atoms with Crippen LogP contribution in [0.1, 0.15) is 11.6 Å². The number of pyridine rings is 1. The number of benzene rings is 2. The number of halogens is 2. The Morgan fingerprint density at radius 1 is 1.15 bits per heavy atom. The molecule has 9 heteroatoms. The van der Waals surface area contributed by atoms with E-state index in [1.165, 1.54) is 17.1 Å². The van der Waals surface area contributed by atoms with Crippen molar-refractivity contribution in [2.75, 3.05) is 5.43 Å². The minimum atomic E-state index is -0.749. The molecule has 2 aromatic carbocycles. The van der Waals surface area contributed by atoms with Gasteiger partial charge in [0.05, 0.1) is 16.1 Å². The van der Waals surface area contributed by atoms with Crippen LogP contribution in [0.15, 0.2) is 54.7 Å². The zero-order valence-electron chi connectivity index (χ0n) is 13.7. The van der Waals surface area contributed by atoms with Gasteiger partial charge in [-0.15, -0.1) is 11.6 Å². The van der Waals surface area contributed by atoms with Gasteiger partial charge < -0.3 is 0 Å². The molecule has 136 valence electrons. The van der Waals surface area contributed by atoms with Gasteiger partial charge in [0.2, 0.25) is 0 Å². The molecule has 0 saturated carbocycles. The topological polar surface area (TPSA) is 88.4 Å². The third-order valence-corrected chi connectivity index (χ3v) is 5.08. The van der Waals surface area contributed by atoms with Crippen LogP contribution < -0.4 is 5.43 Å². The number of nitro groups is 1. The van der Waals surface area contributed by atoms with Crippen molar-refractivity contribution >= 4 is 51.4 Å². The lowest BCUT2D eigenvalue weighted by atomic mass is 9.95. The standard InChI is InChI=1S/C18H12Cl2N4O3/c19-11-3-6-13-14(7-8-21-15(13)9-11)22-23-17(16(20)18(23)25)10-1-4-12(5-2-10)24(26)27/h1-9,16-17H,(H,21,22). The van der Waals surface area contributed by atoms with E-state index in [1.807, 2.05) is 6.07 Å². The van der Waals surface area contributed by atoms with E-state index in [0.29, 0.717) is 21.8 Å². The normalized spacial score (nSPS) is 19.0. The molecule has 1 aliphatic rings. The smallest absolute Gasteiger partial charge is 0.269 e. The van der Waals surface area contributed by atoms with Gasteiger partial charge >= 0.3 is 0 Å². The highest BCUT2D eigenvalue weighted by molar-refractivity contribution is 6.34. The van der Waals surface area contributed by atoms with Crippen molar-refractivity contribution in [1.29, 1.82) is 0 Å². The number of aromatic nitrogens is 1. The molecule has 1 amide bonds. The van der Waals surface area contributed by atoms with Crippen LogP contribution in [0.25, 0.3) is 10.9 Å². The fourth-order valence-electron chi connectivity index (χ4n) is 3.04. The first-order valence-corrected chi connectivity index (χ1v) is 8.79. The van der Waals surface area contributed by atoms with Gasteiger partial charge in [0.1, 0.15) is 11.4 Å². The molecule has 1 N–H and O–H groups in total. The highest BCUT2D eigenvalue weighted by Crippen LogP contribution is 2.39. The second kappa shape index (κ2) is 6.68. The van der Waals surface area contributed by atoms with Crippen molar-refractivity contribution < 1.29 is 9.72 Å². The molecule has 2 atom stereocenters. The van der Waals surface area contributed by atoms with Crippen molar-refractivity contribution in [2.45, 2.75) is 11.4 Å². The van der Waals surface area contributed by atoms with Gasteiger partial charge in [-0.2, -0.15) is 0 Å². The molecule has 27 heavy (non-hydrogen) atoms. The van der Waals surface area contributed by atoms with Gasteiger partial charge in [-0.05, 0) is 42.0 Å². The lowest BCUT2D eigenvalue weighted by Crippen LogP contribution is -2.58. The van der Waals surface area contributed by atoms with Crippen molar-refractivity contribution in [3.8, 4) is 0 Å². The SMILES string of the molecule is O=C1C(Cl)C(c2ccc([N+](=O)[O-])cc2)N1Nc1ccnc2cc(Cl)ccc12. The summed E-state index contributed by atoms with van der Waals surface area (Å²) >= 11 is 12.2. The summed E-state index contributed by atoms with van der Waals surface area (Å²) in [4.78, 5) is 26.9. The largest absolute Gasteiger partial charge is 0.295 e. The number of hydrazine groups is 1. The van der Waals surface area contributed by atoms with Crippen LogP contribution in [0, 0.1) is 10.1 Å². The van der Waals surface area contributed by atoms with E-state index in [2.05, 4.69) is 10.4 Å². The predicted octanol–water partition coefficient (Wildman–Crippen LogP) is 4.31. The summed E-state index contributed by atoms with van der Waals surface area (Å²) in [6.45, 7) is 0. The van der Waals surface area contributed by atoms with E-state index in [1.54, 1.807) is 36.5 Å². The first-order chi connectivity index (χ1) is 13.0. The average molecular weight is 403 g/mol. The molecule has 0 radical (unpaired) electrons. The molecule has 2 heterocycles. The molecule has 2 unspecified atom stereocenters. The number of amides is 1. The van der Waals surface area contributed by atoms with E-state index in [4.69, 9.17) is 23.2 Å². The van der Waals surface area contributed by atoms with E-state index in [9.17, 15) is 14.9 Å². The van der Waals surface area contributed by atoms with Crippen LogP contribution in [-0.4, -0.2) is 26.2 Å². The monoisotopic (exact) mass is 402 g/mol. The Morgan fingerprint density at radius 2 is 1.89 bits per heavy atom. The quantitative estimate of drug-likeness (QED) is 0.304. The maximum absolute atomic E-state index is 12.3. The molecule has 3 aromatic rings. The van der Waals surface area contributed by atoms with Crippen LogP contribution >= 0.6 is 23.2 Å². The maximum Gasteiger partial charge on any atom is 0.269 e. The minimum absolute atomic E-state index is 0.0213. The molecule has 1 saturated heterocycles. The Labute approximate surface area is 163 Å². The van der Waals surface area contributed by atoms with Crippen LogP contribution in [0.3, 0.4) is 0 Å². The Hall–Kier alpha value is -2.90. The number of alkyl halides is 1. The molecule has 1 fully saturated rings. The molecular weight excluding hydrogens is 391 g/mol. The summed E-state index contributed by atoms with van der Waals surface area (Å²) in [5, 5.41) is 12.9. The summed E-state index contributed by atoms with van der Waals surface area (Å²) in [5.41, 5.74) is 5.14. The number of non-ortho nitro benzene ring substituents is 1. The number of rotatable bonds is 4. The maximum atomic E-state index is 12.3. The first kappa shape index (κ1) is 17.5. The fraction of sp³-hybridized carbons (Fsp3) is 0.111. The Balaban J connectivity index is 1.65. The number of fused-ring (bicyclic) bond motifs is 1. The molecule has 4 rings (SSSR count). The lowest BCUT2D eigenvalue weighted by molar-refractivity contribution is -0.384. The Morgan fingerprint density at radius 3 is 2.59 bits per heavy atom.